The van der Waals surface area contributed by atoms with Gasteiger partial charge in [-0.2, -0.15) is 5.10 Å². The molecule has 6 nitrogen and oxygen atoms in total. The fourth-order valence-corrected chi connectivity index (χ4v) is 1.96. The van der Waals surface area contributed by atoms with Crippen LogP contribution in [0.5, 0.6) is 5.75 Å². The first-order valence-corrected chi connectivity index (χ1v) is 7.44. The van der Waals surface area contributed by atoms with Crippen molar-refractivity contribution >= 4 is 29.9 Å². The number of hydrogen-bond donors (Lipinski definition) is 2. The SMILES string of the molecule is CCNC(=NCc1ccc(OC)cc1)NCCn1cccn1.I. The van der Waals surface area contributed by atoms with Crippen LogP contribution in [0.3, 0.4) is 0 Å². The highest BCUT2D eigenvalue weighted by atomic mass is 127. The molecule has 0 saturated heterocycles. The monoisotopic (exact) mass is 429 g/mol. The summed E-state index contributed by atoms with van der Waals surface area (Å²) in [6.07, 6.45) is 3.73. The van der Waals surface area contributed by atoms with Crippen LogP contribution in [0.1, 0.15) is 12.5 Å². The van der Waals surface area contributed by atoms with E-state index < -0.39 is 0 Å². The van der Waals surface area contributed by atoms with Gasteiger partial charge in [0.15, 0.2) is 5.96 Å². The molecular weight excluding hydrogens is 405 g/mol. The second kappa shape index (κ2) is 10.9. The van der Waals surface area contributed by atoms with Gasteiger partial charge in [0.25, 0.3) is 0 Å². The molecule has 126 valence electrons. The highest BCUT2D eigenvalue weighted by molar-refractivity contribution is 14.0. The Bertz CT molecular complexity index is 569. The Morgan fingerprint density at radius 3 is 2.65 bits per heavy atom. The van der Waals surface area contributed by atoms with Crippen LogP contribution in [-0.4, -0.2) is 35.9 Å². The number of halogens is 1. The van der Waals surface area contributed by atoms with Crippen LogP contribution in [0.4, 0.5) is 0 Å². The fraction of sp³-hybridized carbons (Fsp3) is 0.375. The topological polar surface area (TPSA) is 63.5 Å². The van der Waals surface area contributed by atoms with Gasteiger partial charge < -0.3 is 15.4 Å². The number of methoxy groups -OCH3 is 1. The van der Waals surface area contributed by atoms with Crippen LogP contribution in [0, 0.1) is 0 Å². The molecule has 1 aromatic carbocycles. The molecule has 0 atom stereocenters. The largest absolute Gasteiger partial charge is 0.497 e. The quantitative estimate of drug-likeness (QED) is 0.403. The first-order chi connectivity index (χ1) is 10.8. The Labute approximate surface area is 154 Å². The van der Waals surface area contributed by atoms with E-state index >= 15 is 0 Å². The predicted octanol–water partition coefficient (Wildman–Crippen LogP) is 2.27. The van der Waals surface area contributed by atoms with Crippen LogP contribution >= 0.6 is 24.0 Å². The molecule has 0 radical (unpaired) electrons. The molecular formula is C16H24IN5O. The summed E-state index contributed by atoms with van der Waals surface area (Å²) in [5.74, 6) is 1.67. The van der Waals surface area contributed by atoms with E-state index in [-0.39, 0.29) is 24.0 Å². The number of aliphatic imine (C=N–C) groups is 1. The number of ether oxygens (including phenoxy) is 1. The lowest BCUT2D eigenvalue weighted by atomic mass is 10.2. The van der Waals surface area contributed by atoms with Crippen LogP contribution < -0.4 is 15.4 Å². The highest BCUT2D eigenvalue weighted by Gasteiger charge is 1.98. The minimum absolute atomic E-state index is 0. The second-order valence-electron chi connectivity index (χ2n) is 4.74. The van der Waals surface area contributed by atoms with E-state index in [2.05, 4.69) is 27.6 Å². The van der Waals surface area contributed by atoms with E-state index in [1.54, 1.807) is 13.3 Å². The summed E-state index contributed by atoms with van der Waals surface area (Å²) in [6.45, 7) is 5.09. The minimum atomic E-state index is 0. The third kappa shape index (κ3) is 6.89. The summed E-state index contributed by atoms with van der Waals surface area (Å²) < 4.78 is 7.04. The van der Waals surface area contributed by atoms with Crippen molar-refractivity contribution in [1.82, 2.24) is 20.4 Å². The maximum atomic E-state index is 5.15. The summed E-state index contributed by atoms with van der Waals surface area (Å²) in [5.41, 5.74) is 1.14. The van der Waals surface area contributed by atoms with Crippen LogP contribution in [0.15, 0.2) is 47.7 Å². The Balaban J connectivity index is 0.00000264. The highest BCUT2D eigenvalue weighted by Crippen LogP contribution is 2.11. The number of aromatic nitrogens is 2. The first-order valence-electron chi connectivity index (χ1n) is 7.44. The Morgan fingerprint density at radius 2 is 2.04 bits per heavy atom. The lowest BCUT2D eigenvalue weighted by Crippen LogP contribution is -2.38. The van der Waals surface area contributed by atoms with Crippen LogP contribution in [0.2, 0.25) is 0 Å². The zero-order valence-electron chi connectivity index (χ0n) is 13.5. The molecule has 7 heteroatoms. The van der Waals surface area contributed by atoms with Crippen LogP contribution in [-0.2, 0) is 13.1 Å². The molecule has 23 heavy (non-hydrogen) atoms. The molecule has 0 fully saturated rings. The molecule has 1 heterocycles. The average molecular weight is 429 g/mol. The van der Waals surface area contributed by atoms with Gasteiger partial charge in [0.2, 0.25) is 0 Å². The van der Waals surface area contributed by atoms with E-state index in [0.717, 1.165) is 36.9 Å². The number of rotatable bonds is 7. The molecule has 2 aromatic rings. The van der Waals surface area contributed by atoms with Crippen molar-refractivity contribution in [2.24, 2.45) is 4.99 Å². The van der Waals surface area contributed by atoms with Gasteiger partial charge in [-0.3, -0.25) is 4.68 Å². The van der Waals surface area contributed by atoms with Gasteiger partial charge in [0.05, 0.1) is 20.2 Å². The summed E-state index contributed by atoms with van der Waals surface area (Å²) in [4.78, 5) is 4.58. The van der Waals surface area contributed by atoms with E-state index in [9.17, 15) is 0 Å². The molecule has 2 rings (SSSR count). The first kappa shape index (κ1) is 19.3. The van der Waals surface area contributed by atoms with Gasteiger partial charge in [-0.25, -0.2) is 4.99 Å². The normalized spacial score (nSPS) is 10.8. The zero-order valence-corrected chi connectivity index (χ0v) is 15.9. The number of benzene rings is 1. The zero-order chi connectivity index (χ0) is 15.6. The van der Waals surface area contributed by atoms with E-state index in [4.69, 9.17) is 4.74 Å². The molecule has 0 aliphatic carbocycles. The van der Waals surface area contributed by atoms with Crippen molar-refractivity contribution in [3.8, 4) is 5.75 Å². The number of guanidine groups is 1. The molecule has 0 amide bonds. The van der Waals surface area contributed by atoms with Crippen molar-refractivity contribution in [3.05, 3.63) is 48.3 Å². The molecule has 0 aliphatic heterocycles. The summed E-state index contributed by atoms with van der Waals surface area (Å²) >= 11 is 0. The van der Waals surface area contributed by atoms with Crippen molar-refractivity contribution in [1.29, 1.82) is 0 Å². The average Bonchev–Trinajstić information content (AvgIpc) is 3.06. The molecule has 0 spiro atoms. The Kier molecular flexibility index (Phi) is 9.11. The van der Waals surface area contributed by atoms with E-state index in [0.29, 0.717) is 6.54 Å². The van der Waals surface area contributed by atoms with E-state index in [1.165, 1.54) is 0 Å². The molecule has 0 unspecified atom stereocenters. The van der Waals surface area contributed by atoms with Crippen molar-refractivity contribution < 1.29 is 4.74 Å². The minimum Gasteiger partial charge on any atom is -0.497 e. The fourth-order valence-electron chi connectivity index (χ4n) is 1.96. The predicted molar refractivity (Wildman–Crippen MR) is 103 cm³/mol. The number of nitrogens with one attached hydrogen (secondary N) is 2. The summed E-state index contributed by atoms with van der Waals surface area (Å²) in [5, 5.41) is 10.7. The third-order valence-corrected chi connectivity index (χ3v) is 3.12. The van der Waals surface area contributed by atoms with Crippen molar-refractivity contribution in [2.75, 3.05) is 20.2 Å². The van der Waals surface area contributed by atoms with Gasteiger partial charge in [-0.15, -0.1) is 24.0 Å². The van der Waals surface area contributed by atoms with Crippen molar-refractivity contribution in [3.63, 3.8) is 0 Å². The number of hydrogen-bond acceptors (Lipinski definition) is 3. The molecule has 2 N–H and O–H groups in total. The van der Waals surface area contributed by atoms with Crippen molar-refractivity contribution in [2.45, 2.75) is 20.0 Å². The van der Waals surface area contributed by atoms with Gasteiger partial charge in [0, 0.05) is 25.5 Å². The van der Waals surface area contributed by atoms with E-state index in [1.807, 2.05) is 41.2 Å². The van der Waals surface area contributed by atoms with Gasteiger partial charge >= 0.3 is 0 Å². The second-order valence-corrected chi connectivity index (χ2v) is 4.74. The molecule has 0 saturated carbocycles. The third-order valence-electron chi connectivity index (χ3n) is 3.12. The lowest BCUT2D eigenvalue weighted by molar-refractivity contribution is 0.414. The number of nitrogens with zero attached hydrogens (tertiary/aromatic N) is 3. The van der Waals surface area contributed by atoms with Gasteiger partial charge in [-0.1, -0.05) is 12.1 Å². The maximum absolute atomic E-state index is 5.15. The van der Waals surface area contributed by atoms with Gasteiger partial charge in [0.1, 0.15) is 5.75 Å². The molecule has 0 aliphatic rings. The lowest BCUT2D eigenvalue weighted by Gasteiger charge is -2.11. The standard InChI is InChI=1S/C16H23N5O.HI/c1-3-17-16(18-10-12-21-11-4-9-20-21)19-13-14-5-7-15(22-2)8-6-14;/h4-9,11H,3,10,12-13H2,1-2H3,(H2,17,18,19);1H. The van der Waals surface area contributed by atoms with Crippen LogP contribution in [0.25, 0.3) is 0 Å². The summed E-state index contributed by atoms with van der Waals surface area (Å²) in [6, 6.07) is 9.86. The molecule has 1 aromatic heterocycles. The Hall–Kier alpha value is -1.77. The summed E-state index contributed by atoms with van der Waals surface area (Å²) in [7, 11) is 1.67. The molecule has 0 bridgehead atoms. The Morgan fingerprint density at radius 1 is 1.26 bits per heavy atom. The smallest absolute Gasteiger partial charge is 0.191 e. The van der Waals surface area contributed by atoms with Gasteiger partial charge in [-0.05, 0) is 30.7 Å². The maximum Gasteiger partial charge on any atom is 0.191 e.